The topological polar surface area (TPSA) is 122 Å². The highest BCUT2D eigenvalue weighted by Crippen LogP contribution is 2.39. The minimum atomic E-state index is -0.677. The van der Waals surface area contributed by atoms with Gasteiger partial charge in [0, 0.05) is 18.0 Å². The summed E-state index contributed by atoms with van der Waals surface area (Å²) < 4.78 is 5.34. The lowest BCUT2D eigenvalue weighted by Gasteiger charge is -2.37. The van der Waals surface area contributed by atoms with Gasteiger partial charge in [-0.1, -0.05) is 11.2 Å². The van der Waals surface area contributed by atoms with Crippen LogP contribution in [0.1, 0.15) is 63.3 Å². The van der Waals surface area contributed by atoms with Gasteiger partial charge < -0.3 is 20.7 Å². The molecule has 1 saturated carbocycles. The third kappa shape index (κ3) is 4.37. The molecule has 0 spiro atoms. The van der Waals surface area contributed by atoms with Gasteiger partial charge in [-0.25, -0.2) is 0 Å². The van der Waals surface area contributed by atoms with Crippen LogP contribution in [0.4, 0.5) is 11.4 Å². The molecule has 2 aliphatic rings. The quantitative estimate of drug-likeness (QED) is 0.655. The van der Waals surface area contributed by atoms with Gasteiger partial charge in [0.1, 0.15) is 11.8 Å². The fourth-order valence-corrected chi connectivity index (χ4v) is 4.95. The molecule has 1 unspecified atom stereocenters. The van der Waals surface area contributed by atoms with E-state index in [9.17, 15) is 14.7 Å². The number of anilines is 2. The van der Waals surface area contributed by atoms with Gasteiger partial charge in [0.15, 0.2) is 0 Å². The van der Waals surface area contributed by atoms with Crippen molar-refractivity contribution in [2.24, 2.45) is 5.73 Å². The van der Waals surface area contributed by atoms with Gasteiger partial charge in [0.25, 0.3) is 0 Å². The Morgan fingerprint density at radius 3 is 2.62 bits per heavy atom. The summed E-state index contributed by atoms with van der Waals surface area (Å²) in [7, 11) is 0. The number of nitrogens with zero attached hydrogens (tertiary/aromatic N) is 2. The van der Waals surface area contributed by atoms with Gasteiger partial charge in [-0.2, -0.15) is 0 Å². The van der Waals surface area contributed by atoms with Crippen molar-refractivity contribution < 1.29 is 19.2 Å². The molecule has 0 radical (unpaired) electrons. The molecule has 172 valence electrons. The molecular formula is C24H32N4O4. The average Bonchev–Trinajstić information content (AvgIpc) is 3.08. The second-order valence-corrected chi connectivity index (χ2v) is 9.42. The molecule has 1 saturated heterocycles. The van der Waals surface area contributed by atoms with Crippen molar-refractivity contribution in [2.75, 3.05) is 10.2 Å². The predicted octanol–water partition coefficient (Wildman–Crippen LogP) is 3.43. The highest BCUT2D eigenvalue weighted by molar-refractivity contribution is 6.04. The maximum atomic E-state index is 13.0. The van der Waals surface area contributed by atoms with Crippen molar-refractivity contribution in [1.29, 1.82) is 0 Å². The molecule has 1 aliphatic carbocycles. The molecule has 0 bridgehead atoms. The van der Waals surface area contributed by atoms with Crippen LogP contribution in [-0.2, 0) is 9.59 Å². The number of rotatable bonds is 5. The zero-order chi connectivity index (χ0) is 23.0. The third-order valence-corrected chi connectivity index (χ3v) is 6.78. The molecule has 2 heterocycles. The smallest absolute Gasteiger partial charge is 0.240 e. The second kappa shape index (κ2) is 8.58. The summed E-state index contributed by atoms with van der Waals surface area (Å²) in [6.45, 7) is 5.61. The first-order valence-electron chi connectivity index (χ1n) is 11.3. The van der Waals surface area contributed by atoms with Crippen LogP contribution in [0.2, 0.25) is 0 Å². The Labute approximate surface area is 188 Å². The van der Waals surface area contributed by atoms with Crippen LogP contribution in [0.25, 0.3) is 11.1 Å². The zero-order valence-corrected chi connectivity index (χ0v) is 19.0. The molecule has 2 aromatic rings. The summed E-state index contributed by atoms with van der Waals surface area (Å²) in [5.74, 6) is 0.0890. The van der Waals surface area contributed by atoms with E-state index in [2.05, 4.69) is 10.5 Å². The molecular weight excluding hydrogens is 408 g/mol. The van der Waals surface area contributed by atoms with Crippen molar-refractivity contribution in [3.05, 3.63) is 29.7 Å². The van der Waals surface area contributed by atoms with Crippen molar-refractivity contribution in [1.82, 2.24) is 5.16 Å². The van der Waals surface area contributed by atoms with Crippen LogP contribution >= 0.6 is 0 Å². The number of benzene rings is 1. The molecule has 32 heavy (non-hydrogen) atoms. The van der Waals surface area contributed by atoms with Gasteiger partial charge in [0.05, 0.1) is 22.7 Å². The molecule has 1 aliphatic heterocycles. The number of nitrogens with one attached hydrogen (secondary N) is 1. The van der Waals surface area contributed by atoms with Crippen molar-refractivity contribution >= 4 is 23.2 Å². The Balaban J connectivity index is 1.75. The van der Waals surface area contributed by atoms with Gasteiger partial charge in [-0.15, -0.1) is 0 Å². The normalized spacial score (nSPS) is 26.2. The second-order valence-electron chi connectivity index (χ2n) is 9.42. The molecule has 1 aromatic heterocycles. The zero-order valence-electron chi connectivity index (χ0n) is 19.0. The molecule has 4 N–H and O–H groups in total. The van der Waals surface area contributed by atoms with Crippen LogP contribution in [-0.4, -0.2) is 39.8 Å². The summed E-state index contributed by atoms with van der Waals surface area (Å²) in [5.41, 5.74) is 9.01. The number of aliphatic hydroxyl groups is 1. The highest BCUT2D eigenvalue weighted by Gasteiger charge is 2.35. The number of piperidine rings is 1. The number of aryl methyl sites for hydroxylation is 2. The van der Waals surface area contributed by atoms with E-state index in [0.29, 0.717) is 43.6 Å². The fraction of sp³-hybridized carbons (Fsp3) is 0.542. The highest BCUT2D eigenvalue weighted by atomic mass is 16.5. The van der Waals surface area contributed by atoms with Gasteiger partial charge in [-0.3, -0.25) is 14.5 Å². The van der Waals surface area contributed by atoms with E-state index in [1.54, 1.807) is 4.90 Å². The largest absolute Gasteiger partial charge is 0.390 e. The Hall–Kier alpha value is -2.87. The maximum absolute atomic E-state index is 13.0. The van der Waals surface area contributed by atoms with E-state index < -0.39 is 17.6 Å². The first-order valence-corrected chi connectivity index (χ1v) is 11.3. The van der Waals surface area contributed by atoms with Crippen LogP contribution in [0.5, 0.6) is 0 Å². The van der Waals surface area contributed by atoms with Gasteiger partial charge in [0.2, 0.25) is 11.8 Å². The monoisotopic (exact) mass is 440 g/mol. The molecule has 1 aromatic carbocycles. The van der Waals surface area contributed by atoms with Crippen molar-refractivity contribution in [3.8, 4) is 11.1 Å². The lowest BCUT2D eigenvalue weighted by Crippen LogP contribution is -2.51. The van der Waals surface area contributed by atoms with Crippen LogP contribution in [0.15, 0.2) is 22.7 Å². The molecule has 8 heteroatoms. The first-order chi connectivity index (χ1) is 15.2. The fourth-order valence-electron chi connectivity index (χ4n) is 4.95. The lowest BCUT2D eigenvalue weighted by atomic mass is 9.83. The summed E-state index contributed by atoms with van der Waals surface area (Å²) in [5, 5.41) is 17.9. The third-order valence-electron chi connectivity index (χ3n) is 6.78. The number of aromatic nitrogens is 1. The number of carbonyl (C=O) groups excluding carboxylic acids is 2. The number of carbonyl (C=O) groups is 2. The Morgan fingerprint density at radius 2 is 2.00 bits per heavy atom. The van der Waals surface area contributed by atoms with E-state index in [1.807, 2.05) is 39.0 Å². The van der Waals surface area contributed by atoms with Crippen molar-refractivity contribution in [3.63, 3.8) is 0 Å². The van der Waals surface area contributed by atoms with Gasteiger partial charge in [-0.05, 0) is 77.0 Å². The summed E-state index contributed by atoms with van der Waals surface area (Å²) in [6, 6.07) is 5.34. The lowest BCUT2D eigenvalue weighted by molar-refractivity contribution is -0.126. The predicted molar refractivity (Wildman–Crippen MR) is 122 cm³/mol. The van der Waals surface area contributed by atoms with E-state index in [4.69, 9.17) is 10.3 Å². The summed E-state index contributed by atoms with van der Waals surface area (Å²) in [6.07, 6.45) is 4.64. The maximum Gasteiger partial charge on any atom is 0.240 e. The van der Waals surface area contributed by atoms with E-state index >= 15 is 0 Å². The Kier molecular flexibility index (Phi) is 5.99. The number of amides is 2. The molecule has 8 nitrogen and oxygen atoms in total. The van der Waals surface area contributed by atoms with E-state index in [-0.39, 0.29) is 11.9 Å². The minimum Gasteiger partial charge on any atom is -0.390 e. The molecule has 1 atom stereocenters. The number of hydrogen-bond donors (Lipinski definition) is 3. The van der Waals surface area contributed by atoms with Crippen LogP contribution in [0.3, 0.4) is 0 Å². The van der Waals surface area contributed by atoms with Crippen molar-refractivity contribution in [2.45, 2.75) is 83.4 Å². The molecule has 2 amide bonds. The summed E-state index contributed by atoms with van der Waals surface area (Å²) in [4.78, 5) is 26.8. The number of hydrogen-bond acceptors (Lipinski definition) is 6. The van der Waals surface area contributed by atoms with Crippen LogP contribution in [0, 0.1) is 13.8 Å². The minimum absolute atomic E-state index is 0.106. The van der Waals surface area contributed by atoms with E-state index in [1.165, 1.54) is 0 Å². The Bertz CT molecular complexity index is 1000. The SMILES string of the molecule is Cc1noc(C)c1-c1ccc(NC2CCC(C)(O)CC2)c(N2C(=O)CCCC2C(N)=O)c1. The number of primary amides is 1. The standard InChI is InChI=1S/C24H32N4O4/c1-14-22(15(2)32-27-14)16-7-8-18(26-17-9-11-24(3,31)12-10-17)20(13-16)28-19(23(25)30)5-4-6-21(28)29/h7-8,13,17,19,26,31H,4-6,9-12H2,1-3H3,(H2,25,30). The number of nitrogens with two attached hydrogens (primary N) is 1. The van der Waals surface area contributed by atoms with Gasteiger partial charge >= 0.3 is 0 Å². The molecule has 4 rings (SSSR count). The first kappa shape index (κ1) is 22.3. The summed E-state index contributed by atoms with van der Waals surface area (Å²) >= 11 is 0. The Morgan fingerprint density at radius 1 is 1.28 bits per heavy atom. The average molecular weight is 441 g/mol. The van der Waals surface area contributed by atoms with E-state index in [0.717, 1.165) is 35.3 Å². The van der Waals surface area contributed by atoms with Crippen LogP contribution < -0.4 is 16.0 Å². The molecule has 2 fully saturated rings.